The Bertz CT molecular complexity index is 664. The molecule has 2 fully saturated rings. The van der Waals surface area contributed by atoms with Crippen LogP contribution >= 0.6 is 11.6 Å². The average Bonchev–Trinajstić information content (AvgIpc) is 3.06. The topological polar surface area (TPSA) is 36.6 Å². The molecule has 1 aliphatic heterocycles. The van der Waals surface area contributed by atoms with Gasteiger partial charge in [-0.3, -0.25) is 4.90 Å². The predicted molar refractivity (Wildman–Crippen MR) is 78.9 cm³/mol. The maximum atomic E-state index is 11.0. The minimum Gasteiger partial charge on any atom is -0.458 e. The Hall–Kier alpha value is -1.03. The van der Waals surface area contributed by atoms with Gasteiger partial charge in [0.25, 0.3) is 0 Å². The normalized spacial score (nSPS) is 31.2. The fraction of sp³-hybridized carbons (Fsp3) is 0.500. The largest absolute Gasteiger partial charge is 0.458 e. The number of hydrogen-bond acceptors (Lipinski definition) is 3. The van der Waals surface area contributed by atoms with Crippen molar-refractivity contribution in [1.29, 1.82) is 0 Å². The van der Waals surface area contributed by atoms with Crippen molar-refractivity contribution in [1.82, 2.24) is 4.90 Å². The van der Waals surface area contributed by atoms with Crippen LogP contribution in [0.2, 0.25) is 5.02 Å². The Labute approximate surface area is 123 Å². The van der Waals surface area contributed by atoms with Crippen molar-refractivity contribution in [2.75, 3.05) is 6.54 Å². The molecule has 2 atom stereocenters. The van der Waals surface area contributed by atoms with E-state index in [0.29, 0.717) is 29.4 Å². The fourth-order valence-corrected chi connectivity index (χ4v) is 3.63. The molecule has 1 saturated carbocycles. The first-order chi connectivity index (χ1) is 9.55. The second kappa shape index (κ2) is 4.23. The second-order valence-electron chi connectivity index (χ2n) is 6.28. The number of fused-ring (bicyclic) bond motifs is 1. The monoisotopic (exact) mass is 291 g/mol. The van der Waals surface area contributed by atoms with Crippen LogP contribution in [-0.4, -0.2) is 28.6 Å². The Morgan fingerprint density at radius 2 is 2.15 bits per heavy atom. The molecule has 2 unspecified atom stereocenters. The molecule has 2 heterocycles. The first-order valence-electron chi connectivity index (χ1n) is 7.23. The third-order valence-corrected chi connectivity index (χ3v) is 4.83. The van der Waals surface area contributed by atoms with Crippen LogP contribution < -0.4 is 0 Å². The number of benzene rings is 1. The zero-order chi connectivity index (χ0) is 13.9. The van der Waals surface area contributed by atoms with Crippen molar-refractivity contribution in [3.8, 4) is 0 Å². The van der Waals surface area contributed by atoms with E-state index in [9.17, 15) is 5.11 Å². The summed E-state index contributed by atoms with van der Waals surface area (Å²) < 4.78 is 5.87. The molecular formula is C16H18ClNO2. The Balaban J connectivity index is 1.70. The Kier molecular flexibility index (Phi) is 2.69. The molecule has 1 aliphatic carbocycles. The number of hydrogen-bond donors (Lipinski definition) is 1. The van der Waals surface area contributed by atoms with Gasteiger partial charge in [-0.15, -0.1) is 0 Å². The van der Waals surface area contributed by atoms with E-state index in [0.717, 1.165) is 17.4 Å². The van der Waals surface area contributed by atoms with Gasteiger partial charge in [-0.2, -0.15) is 0 Å². The summed E-state index contributed by atoms with van der Waals surface area (Å²) in [6.45, 7) is 2.86. The maximum absolute atomic E-state index is 11.0. The van der Waals surface area contributed by atoms with Crippen molar-refractivity contribution < 1.29 is 9.52 Å². The quantitative estimate of drug-likeness (QED) is 0.919. The van der Waals surface area contributed by atoms with Gasteiger partial charge in [-0.05, 0) is 50.5 Å². The molecule has 0 radical (unpaired) electrons. The third-order valence-electron chi connectivity index (χ3n) is 4.60. The molecule has 1 saturated heterocycles. The molecule has 0 bridgehead atoms. The zero-order valence-corrected chi connectivity index (χ0v) is 12.2. The van der Waals surface area contributed by atoms with Crippen LogP contribution in [-0.2, 0) is 5.60 Å². The molecule has 1 N–H and O–H groups in total. The van der Waals surface area contributed by atoms with Gasteiger partial charge in [0, 0.05) is 29.0 Å². The molecule has 4 heteroatoms. The van der Waals surface area contributed by atoms with E-state index in [1.165, 1.54) is 12.8 Å². The average molecular weight is 292 g/mol. The summed E-state index contributed by atoms with van der Waals surface area (Å²) in [6, 6.07) is 8.56. The molecule has 106 valence electrons. The van der Waals surface area contributed by atoms with Gasteiger partial charge in [0.15, 0.2) is 0 Å². The molecule has 4 rings (SSSR count). The second-order valence-corrected chi connectivity index (χ2v) is 6.72. The van der Waals surface area contributed by atoms with Gasteiger partial charge in [-0.1, -0.05) is 11.6 Å². The van der Waals surface area contributed by atoms with Crippen LogP contribution in [0.4, 0.5) is 0 Å². The van der Waals surface area contributed by atoms with E-state index < -0.39 is 5.60 Å². The highest BCUT2D eigenvalue weighted by atomic mass is 35.5. The lowest BCUT2D eigenvalue weighted by Gasteiger charge is -2.21. The van der Waals surface area contributed by atoms with Gasteiger partial charge >= 0.3 is 0 Å². The number of furan rings is 1. The lowest BCUT2D eigenvalue weighted by atomic mass is 9.97. The standard InChI is InChI=1S/C16H18ClNO2/c1-10-8-16(19,9-18(10)13-3-4-13)15-7-11-6-12(17)2-5-14(11)20-15/h2,5-7,10,13,19H,3-4,8-9H2,1H3. The number of likely N-dealkylation sites (tertiary alicyclic amines) is 1. The number of halogens is 1. The van der Waals surface area contributed by atoms with Crippen molar-refractivity contribution >= 4 is 22.6 Å². The Morgan fingerprint density at radius 3 is 2.90 bits per heavy atom. The van der Waals surface area contributed by atoms with E-state index in [4.69, 9.17) is 16.0 Å². The molecule has 0 amide bonds. The lowest BCUT2D eigenvalue weighted by Crippen LogP contribution is -2.33. The smallest absolute Gasteiger partial charge is 0.138 e. The van der Waals surface area contributed by atoms with E-state index in [1.54, 1.807) is 0 Å². The predicted octanol–water partition coefficient (Wildman–Crippen LogP) is 3.53. The Morgan fingerprint density at radius 1 is 1.35 bits per heavy atom. The highest BCUT2D eigenvalue weighted by Crippen LogP contribution is 2.43. The number of aliphatic hydroxyl groups is 1. The summed E-state index contributed by atoms with van der Waals surface area (Å²) in [7, 11) is 0. The fourth-order valence-electron chi connectivity index (χ4n) is 3.45. The zero-order valence-electron chi connectivity index (χ0n) is 11.5. The van der Waals surface area contributed by atoms with Crippen molar-refractivity contribution in [3.05, 3.63) is 35.0 Å². The van der Waals surface area contributed by atoms with Crippen LogP contribution in [0.5, 0.6) is 0 Å². The summed E-state index contributed by atoms with van der Waals surface area (Å²) in [4.78, 5) is 2.42. The molecule has 2 aliphatic rings. The van der Waals surface area contributed by atoms with E-state index in [2.05, 4.69) is 11.8 Å². The maximum Gasteiger partial charge on any atom is 0.138 e. The van der Waals surface area contributed by atoms with Gasteiger partial charge in [0.05, 0.1) is 0 Å². The van der Waals surface area contributed by atoms with Crippen molar-refractivity contribution in [2.45, 2.75) is 43.9 Å². The molecule has 3 nitrogen and oxygen atoms in total. The summed E-state index contributed by atoms with van der Waals surface area (Å²) in [5.74, 6) is 0.671. The molecule has 0 spiro atoms. The molecular weight excluding hydrogens is 274 g/mol. The summed E-state index contributed by atoms with van der Waals surface area (Å²) in [6.07, 6.45) is 3.25. The van der Waals surface area contributed by atoms with E-state index >= 15 is 0 Å². The van der Waals surface area contributed by atoms with Crippen LogP contribution in [0.15, 0.2) is 28.7 Å². The first-order valence-corrected chi connectivity index (χ1v) is 7.61. The van der Waals surface area contributed by atoms with E-state index in [1.807, 2.05) is 24.3 Å². The van der Waals surface area contributed by atoms with Gasteiger partial charge < -0.3 is 9.52 Å². The molecule has 2 aromatic rings. The third kappa shape index (κ3) is 1.96. The van der Waals surface area contributed by atoms with Gasteiger partial charge in [-0.25, -0.2) is 0 Å². The summed E-state index contributed by atoms with van der Waals surface area (Å²) in [5.41, 5.74) is -0.0802. The summed E-state index contributed by atoms with van der Waals surface area (Å²) >= 11 is 6.01. The van der Waals surface area contributed by atoms with E-state index in [-0.39, 0.29) is 0 Å². The first kappa shape index (κ1) is 12.7. The highest BCUT2D eigenvalue weighted by molar-refractivity contribution is 6.31. The number of rotatable bonds is 2. The molecule has 20 heavy (non-hydrogen) atoms. The number of β-amino-alcohol motifs (C(OH)–C–C–N with tert-alkyl or cyclic N) is 1. The minimum absolute atomic E-state index is 0.407. The van der Waals surface area contributed by atoms with Crippen LogP contribution in [0.25, 0.3) is 11.0 Å². The minimum atomic E-state index is -0.868. The van der Waals surface area contributed by atoms with Crippen LogP contribution in [0.3, 0.4) is 0 Å². The van der Waals surface area contributed by atoms with Gasteiger partial charge in [0.2, 0.25) is 0 Å². The highest BCUT2D eigenvalue weighted by Gasteiger charge is 2.48. The van der Waals surface area contributed by atoms with Gasteiger partial charge in [0.1, 0.15) is 16.9 Å². The molecule has 1 aromatic heterocycles. The van der Waals surface area contributed by atoms with Crippen molar-refractivity contribution in [2.24, 2.45) is 0 Å². The SMILES string of the molecule is CC1CC(O)(c2cc3cc(Cl)ccc3o2)CN1C1CC1. The lowest BCUT2D eigenvalue weighted by molar-refractivity contribution is 0.0249. The van der Waals surface area contributed by atoms with Crippen LogP contribution in [0, 0.1) is 0 Å². The van der Waals surface area contributed by atoms with Crippen molar-refractivity contribution in [3.63, 3.8) is 0 Å². The molecule has 1 aromatic carbocycles. The van der Waals surface area contributed by atoms with Crippen LogP contribution in [0.1, 0.15) is 31.9 Å². The summed E-state index contributed by atoms with van der Waals surface area (Å²) in [5, 5.41) is 12.6. The number of nitrogens with zero attached hydrogens (tertiary/aromatic N) is 1.